The monoisotopic (exact) mass is 410 g/mol. The average molecular weight is 410 g/mol. The molecule has 0 fully saturated rings. The predicted molar refractivity (Wildman–Crippen MR) is 132 cm³/mol. The molecule has 2 nitrogen and oxygen atoms in total. The highest BCUT2D eigenvalue weighted by Crippen LogP contribution is 2.49. The fraction of sp³-hybridized carbons (Fsp3) is 0.0667. The third-order valence-corrected chi connectivity index (χ3v) is 7.67. The maximum atomic E-state index is 13.6. The van der Waals surface area contributed by atoms with E-state index in [4.69, 9.17) is 0 Å². The summed E-state index contributed by atoms with van der Waals surface area (Å²) in [7, 11) is 0. The Balaban J connectivity index is 2.03. The highest BCUT2D eigenvalue weighted by atomic mass is 16.1. The maximum Gasteiger partial charge on any atom is 0.174 e. The summed E-state index contributed by atoms with van der Waals surface area (Å²) in [5, 5.41) is 7.21. The van der Waals surface area contributed by atoms with E-state index in [9.17, 15) is 9.59 Å². The van der Waals surface area contributed by atoms with Crippen molar-refractivity contribution in [2.45, 2.75) is 11.8 Å². The van der Waals surface area contributed by atoms with Gasteiger partial charge in [-0.25, -0.2) is 0 Å². The largest absolute Gasteiger partial charge is 0.293 e. The molecule has 0 aromatic heterocycles. The van der Waals surface area contributed by atoms with Gasteiger partial charge in [0.25, 0.3) is 0 Å². The fourth-order valence-electron chi connectivity index (χ4n) is 6.37. The Morgan fingerprint density at radius 3 is 1.44 bits per heavy atom. The van der Waals surface area contributed by atoms with Crippen molar-refractivity contribution in [3.05, 3.63) is 92.7 Å². The lowest BCUT2D eigenvalue weighted by Gasteiger charge is -2.34. The molecule has 4 aliphatic rings. The highest BCUT2D eigenvalue weighted by molar-refractivity contribution is 6.33. The van der Waals surface area contributed by atoms with Crippen molar-refractivity contribution in [3.63, 3.8) is 0 Å². The molecule has 0 radical (unpaired) electrons. The van der Waals surface area contributed by atoms with E-state index in [1.54, 1.807) is 12.2 Å². The summed E-state index contributed by atoms with van der Waals surface area (Å²) in [6.07, 6.45) is 11.4. The molecule has 7 rings (SSSR count). The molecule has 3 aromatic rings. The van der Waals surface area contributed by atoms with Gasteiger partial charge in [0.1, 0.15) is 0 Å². The molecular formula is C30H18O2. The van der Waals surface area contributed by atoms with Gasteiger partial charge in [0, 0.05) is 21.6 Å². The van der Waals surface area contributed by atoms with Crippen molar-refractivity contribution in [3.8, 4) is 0 Å². The first kappa shape index (κ1) is 17.6. The standard InChI is InChI=1S/C30H18O2/c1-5-17-21-13(3)14(4)22-18(6-2)30(32)20-12-10-16-8-7-15-9-11-19(29(17)31)25-23(15)24(16)26(20)28(22)27(21)25/h5-12,19-20H,1-4H2. The molecule has 0 amide bonds. The molecule has 3 aromatic carbocycles. The average Bonchev–Trinajstić information content (AvgIpc) is 2.81. The number of Topliss-reactive ketones (excluding diaryl/α,β-unsaturated/α-hetero) is 2. The number of carbonyl (C=O) groups is 2. The van der Waals surface area contributed by atoms with Gasteiger partial charge in [-0.2, -0.15) is 0 Å². The lowest BCUT2D eigenvalue weighted by Crippen LogP contribution is -2.53. The molecule has 2 heteroatoms. The summed E-state index contributed by atoms with van der Waals surface area (Å²) in [6.45, 7) is 16.6. The fourth-order valence-corrected chi connectivity index (χ4v) is 6.37. The second-order valence-corrected chi connectivity index (χ2v) is 8.92. The number of allylic oxidation sites excluding steroid dienone is 4. The van der Waals surface area contributed by atoms with Crippen molar-refractivity contribution in [1.29, 1.82) is 0 Å². The third kappa shape index (κ3) is 1.65. The molecule has 0 saturated heterocycles. The molecule has 0 saturated carbocycles. The Morgan fingerprint density at radius 2 is 1.06 bits per heavy atom. The topological polar surface area (TPSA) is 34.1 Å². The van der Waals surface area contributed by atoms with Crippen LogP contribution in [0.25, 0.3) is 58.0 Å². The van der Waals surface area contributed by atoms with Gasteiger partial charge in [-0.1, -0.05) is 74.9 Å². The lowest BCUT2D eigenvalue weighted by molar-refractivity contribution is -0.115. The number of rotatable bonds is 2. The zero-order chi connectivity index (χ0) is 22.0. The van der Waals surface area contributed by atoms with E-state index >= 15 is 0 Å². The van der Waals surface area contributed by atoms with E-state index in [1.165, 1.54) is 0 Å². The smallest absolute Gasteiger partial charge is 0.174 e. The van der Waals surface area contributed by atoms with Crippen LogP contribution in [0.4, 0.5) is 0 Å². The molecule has 0 spiro atoms. The van der Waals surface area contributed by atoms with E-state index in [2.05, 4.69) is 38.4 Å². The first-order valence-electron chi connectivity index (χ1n) is 10.7. The second-order valence-electron chi connectivity index (χ2n) is 8.92. The van der Waals surface area contributed by atoms with E-state index in [0.29, 0.717) is 21.6 Å². The van der Waals surface area contributed by atoms with Crippen LogP contribution in [0.5, 0.6) is 0 Å². The van der Waals surface area contributed by atoms with Gasteiger partial charge in [-0.05, 0) is 54.2 Å². The van der Waals surface area contributed by atoms with Crippen LogP contribution >= 0.6 is 0 Å². The van der Waals surface area contributed by atoms with E-state index in [0.717, 1.165) is 54.2 Å². The zero-order valence-corrected chi connectivity index (χ0v) is 17.4. The van der Waals surface area contributed by atoms with Crippen LogP contribution in [-0.4, -0.2) is 11.6 Å². The molecule has 0 heterocycles. The van der Waals surface area contributed by atoms with E-state index in [1.807, 2.05) is 24.3 Å². The Labute approximate surface area is 183 Å². The Morgan fingerprint density at radius 1 is 0.656 bits per heavy atom. The van der Waals surface area contributed by atoms with Crippen molar-refractivity contribution < 1.29 is 9.59 Å². The lowest BCUT2D eigenvalue weighted by atomic mass is 9.67. The summed E-state index contributed by atoms with van der Waals surface area (Å²) in [5.74, 6) is -0.663. The molecule has 4 aliphatic carbocycles. The zero-order valence-electron chi connectivity index (χ0n) is 17.4. The predicted octanol–water partition coefficient (Wildman–Crippen LogP) is 2.87. The van der Waals surface area contributed by atoms with Crippen molar-refractivity contribution >= 4 is 69.6 Å². The van der Waals surface area contributed by atoms with E-state index in [-0.39, 0.29) is 23.4 Å². The minimum atomic E-state index is -0.371. The number of hydrogen-bond acceptors (Lipinski definition) is 2. The molecular weight excluding hydrogens is 392 g/mol. The van der Waals surface area contributed by atoms with Crippen molar-refractivity contribution in [1.82, 2.24) is 0 Å². The van der Waals surface area contributed by atoms with Crippen LogP contribution < -0.4 is 20.9 Å². The number of hydrogen-bond donors (Lipinski definition) is 0. The first-order valence-corrected chi connectivity index (χ1v) is 10.7. The Hall–Kier alpha value is -4.04. The summed E-state index contributed by atoms with van der Waals surface area (Å²) in [6, 6.07) is 4.21. The molecule has 0 aliphatic heterocycles. The Bertz CT molecular complexity index is 1740. The maximum absolute atomic E-state index is 13.6. The Kier molecular flexibility index (Phi) is 2.98. The van der Waals surface area contributed by atoms with Gasteiger partial charge in [0.2, 0.25) is 0 Å². The van der Waals surface area contributed by atoms with Gasteiger partial charge in [0.05, 0.1) is 11.8 Å². The summed E-state index contributed by atoms with van der Waals surface area (Å²) < 4.78 is 0. The van der Waals surface area contributed by atoms with E-state index < -0.39 is 0 Å². The third-order valence-electron chi connectivity index (χ3n) is 7.67. The SMILES string of the molecule is C=CC1=c2c(=C)c(=C)c3c4c5c6c(ccc7c6c(c24)C(C=C7)C1=O)C=CC5C(=O)C=3C=C. The van der Waals surface area contributed by atoms with Gasteiger partial charge in [0.15, 0.2) is 11.6 Å². The summed E-state index contributed by atoms with van der Waals surface area (Å²) in [4.78, 5) is 27.2. The van der Waals surface area contributed by atoms with Crippen LogP contribution in [0, 0.1) is 0 Å². The van der Waals surface area contributed by atoms with Gasteiger partial charge < -0.3 is 0 Å². The normalized spacial score (nSPS) is 21.4. The molecule has 32 heavy (non-hydrogen) atoms. The quantitative estimate of drug-likeness (QED) is 0.609. The molecule has 2 unspecified atom stereocenters. The highest BCUT2D eigenvalue weighted by Gasteiger charge is 2.39. The van der Waals surface area contributed by atoms with Crippen molar-refractivity contribution in [2.75, 3.05) is 0 Å². The molecule has 0 N–H and O–H groups in total. The number of ketones is 2. The summed E-state index contributed by atoms with van der Waals surface area (Å²) in [5.41, 5.74) is 5.39. The van der Waals surface area contributed by atoms with Gasteiger partial charge in [-0.15, -0.1) is 0 Å². The minimum Gasteiger partial charge on any atom is -0.293 e. The van der Waals surface area contributed by atoms with Crippen LogP contribution in [0.1, 0.15) is 34.1 Å². The van der Waals surface area contributed by atoms with Gasteiger partial charge >= 0.3 is 0 Å². The molecule has 150 valence electrons. The van der Waals surface area contributed by atoms with Crippen molar-refractivity contribution in [2.24, 2.45) is 0 Å². The van der Waals surface area contributed by atoms with Crippen LogP contribution in [-0.2, 0) is 9.59 Å². The van der Waals surface area contributed by atoms with Crippen LogP contribution in [0.15, 0.2) is 49.6 Å². The second kappa shape index (κ2) is 5.41. The van der Waals surface area contributed by atoms with Crippen LogP contribution in [0.2, 0.25) is 0 Å². The molecule has 2 atom stereocenters. The molecule has 0 bridgehead atoms. The van der Waals surface area contributed by atoms with Gasteiger partial charge in [-0.3, -0.25) is 9.59 Å². The number of carbonyl (C=O) groups excluding carboxylic acids is 2. The summed E-state index contributed by atoms with van der Waals surface area (Å²) >= 11 is 0. The van der Waals surface area contributed by atoms with Crippen LogP contribution in [0.3, 0.4) is 0 Å². The minimum absolute atomic E-state index is 0.0393. The number of benzene rings is 3. The first-order chi connectivity index (χ1) is 15.5.